The molecule has 0 fully saturated rings. The van der Waals surface area contributed by atoms with Crippen molar-refractivity contribution in [2.24, 2.45) is 0 Å². The molecule has 1 unspecified atom stereocenters. The molecule has 2 aromatic rings. The van der Waals surface area contributed by atoms with E-state index in [0.717, 1.165) is 16.9 Å². The van der Waals surface area contributed by atoms with Gasteiger partial charge >= 0.3 is 0 Å². The highest BCUT2D eigenvalue weighted by molar-refractivity contribution is 6.33. The Labute approximate surface area is 141 Å². The van der Waals surface area contributed by atoms with E-state index >= 15 is 0 Å². The summed E-state index contributed by atoms with van der Waals surface area (Å²) in [7, 11) is 0. The summed E-state index contributed by atoms with van der Waals surface area (Å²) < 4.78 is 6.04. The number of hydrogen-bond donors (Lipinski definition) is 1. The maximum Gasteiger partial charge on any atom is 0.253 e. The average Bonchev–Trinajstić information content (AvgIpc) is 2.47. The molecule has 3 nitrogen and oxygen atoms in total. The fourth-order valence-electron chi connectivity index (χ4n) is 2.98. The Hall–Kier alpha value is -2.00. The smallest absolute Gasteiger partial charge is 0.253 e. The largest absolute Gasteiger partial charge is 0.487 e. The second-order valence-corrected chi connectivity index (χ2v) is 7.02. The highest BCUT2D eigenvalue weighted by Gasteiger charge is 2.34. The first-order valence-corrected chi connectivity index (χ1v) is 8.08. The van der Waals surface area contributed by atoms with E-state index in [0.29, 0.717) is 17.0 Å². The molecule has 120 valence electrons. The molecule has 4 heteroatoms. The predicted octanol–water partition coefficient (Wildman–Crippen LogP) is 4.68. The predicted molar refractivity (Wildman–Crippen MR) is 92.2 cm³/mol. The van der Waals surface area contributed by atoms with Crippen molar-refractivity contribution in [1.82, 2.24) is 5.32 Å². The first kappa shape index (κ1) is 15.9. The van der Waals surface area contributed by atoms with Crippen LogP contribution in [-0.2, 0) is 0 Å². The first-order valence-electron chi connectivity index (χ1n) is 7.71. The maximum atomic E-state index is 12.6. The quantitative estimate of drug-likeness (QED) is 0.868. The summed E-state index contributed by atoms with van der Waals surface area (Å²) in [6.07, 6.45) is 0.708. The van der Waals surface area contributed by atoms with Gasteiger partial charge in [-0.05, 0) is 39.0 Å². The molecule has 0 aromatic heterocycles. The van der Waals surface area contributed by atoms with Gasteiger partial charge in [0.05, 0.1) is 16.6 Å². The summed E-state index contributed by atoms with van der Waals surface area (Å²) in [6, 6.07) is 13.1. The molecule has 0 saturated heterocycles. The number of rotatable bonds is 2. The van der Waals surface area contributed by atoms with E-state index in [9.17, 15) is 4.79 Å². The van der Waals surface area contributed by atoms with E-state index in [-0.39, 0.29) is 17.6 Å². The van der Waals surface area contributed by atoms with Gasteiger partial charge in [0.2, 0.25) is 0 Å². The van der Waals surface area contributed by atoms with Gasteiger partial charge in [0.15, 0.2) is 0 Å². The molecule has 0 saturated carbocycles. The van der Waals surface area contributed by atoms with Gasteiger partial charge in [-0.3, -0.25) is 4.79 Å². The highest BCUT2D eigenvalue weighted by atomic mass is 35.5. The van der Waals surface area contributed by atoms with Crippen LogP contribution in [-0.4, -0.2) is 11.5 Å². The van der Waals surface area contributed by atoms with Crippen molar-refractivity contribution in [3.05, 3.63) is 64.2 Å². The topological polar surface area (TPSA) is 38.3 Å². The Morgan fingerprint density at radius 3 is 2.74 bits per heavy atom. The van der Waals surface area contributed by atoms with E-state index in [1.807, 2.05) is 45.0 Å². The van der Waals surface area contributed by atoms with E-state index in [4.69, 9.17) is 16.3 Å². The van der Waals surface area contributed by atoms with Crippen molar-refractivity contribution in [2.45, 2.75) is 38.8 Å². The number of nitrogens with one attached hydrogen (secondary N) is 1. The summed E-state index contributed by atoms with van der Waals surface area (Å²) in [5.74, 6) is 0.669. The molecule has 2 aromatic carbocycles. The zero-order valence-electron chi connectivity index (χ0n) is 13.5. The van der Waals surface area contributed by atoms with Gasteiger partial charge in [-0.1, -0.05) is 41.4 Å². The fourth-order valence-corrected chi connectivity index (χ4v) is 3.21. The molecule has 0 radical (unpaired) electrons. The summed E-state index contributed by atoms with van der Waals surface area (Å²) in [4.78, 5) is 12.6. The Morgan fingerprint density at radius 2 is 2.00 bits per heavy atom. The van der Waals surface area contributed by atoms with Crippen molar-refractivity contribution in [1.29, 1.82) is 0 Å². The molecule has 0 aliphatic carbocycles. The molecule has 1 N–H and O–H groups in total. The number of ether oxygens (including phenoxy) is 1. The Bertz CT molecular complexity index is 755. The Morgan fingerprint density at radius 1 is 1.26 bits per heavy atom. The number of fused-ring (bicyclic) bond motifs is 1. The van der Waals surface area contributed by atoms with Crippen molar-refractivity contribution >= 4 is 17.5 Å². The lowest BCUT2D eigenvalue weighted by molar-refractivity contribution is 0.0619. The minimum Gasteiger partial charge on any atom is -0.487 e. The molecule has 1 aliphatic heterocycles. The maximum absolute atomic E-state index is 12.6. The van der Waals surface area contributed by atoms with Crippen LogP contribution in [0.5, 0.6) is 5.75 Å². The van der Waals surface area contributed by atoms with Crippen LogP contribution in [0.3, 0.4) is 0 Å². The normalized spacial score (nSPS) is 18.7. The lowest BCUT2D eigenvalue weighted by Crippen LogP contribution is -2.41. The van der Waals surface area contributed by atoms with E-state index < -0.39 is 0 Å². The van der Waals surface area contributed by atoms with Crippen LogP contribution in [0, 0.1) is 6.92 Å². The molecule has 23 heavy (non-hydrogen) atoms. The van der Waals surface area contributed by atoms with Crippen molar-refractivity contribution < 1.29 is 9.53 Å². The Kier molecular flexibility index (Phi) is 4.07. The third-order valence-corrected chi connectivity index (χ3v) is 4.38. The summed E-state index contributed by atoms with van der Waals surface area (Å²) >= 11 is 6.13. The summed E-state index contributed by atoms with van der Waals surface area (Å²) in [6.45, 7) is 6.10. The molecule has 0 bridgehead atoms. The molecule has 1 aliphatic rings. The van der Waals surface area contributed by atoms with Gasteiger partial charge in [0, 0.05) is 12.0 Å². The molecular weight excluding hydrogens is 310 g/mol. The highest BCUT2D eigenvalue weighted by Crippen LogP contribution is 2.40. The first-order chi connectivity index (χ1) is 10.9. The number of carbonyl (C=O) groups is 1. The Balaban J connectivity index is 1.92. The van der Waals surface area contributed by atoms with Crippen LogP contribution >= 0.6 is 11.6 Å². The third kappa shape index (κ3) is 3.35. The van der Waals surface area contributed by atoms with Crippen LogP contribution in [0.4, 0.5) is 0 Å². The number of hydrogen-bond acceptors (Lipinski definition) is 2. The fraction of sp³-hybridized carbons (Fsp3) is 0.316. The van der Waals surface area contributed by atoms with Gasteiger partial charge < -0.3 is 10.1 Å². The van der Waals surface area contributed by atoms with Crippen molar-refractivity contribution in [2.75, 3.05) is 0 Å². The van der Waals surface area contributed by atoms with Crippen LogP contribution in [0.1, 0.15) is 47.8 Å². The van der Waals surface area contributed by atoms with Crippen molar-refractivity contribution in [3.63, 3.8) is 0 Å². The van der Waals surface area contributed by atoms with Crippen LogP contribution in [0.15, 0.2) is 42.5 Å². The number of amides is 1. The molecule has 1 atom stereocenters. The zero-order valence-corrected chi connectivity index (χ0v) is 14.3. The standard InChI is InChI=1S/C19H20ClNO2/c1-12-8-9-17-14(10-12)16(11-19(2,3)23-17)21-18(22)13-6-4-5-7-15(13)20/h4-10,16H,11H2,1-3H3,(H,21,22). The van der Waals surface area contributed by atoms with Crippen LogP contribution in [0.25, 0.3) is 0 Å². The monoisotopic (exact) mass is 329 g/mol. The second-order valence-electron chi connectivity index (χ2n) is 6.61. The van der Waals surface area contributed by atoms with Gasteiger partial charge in [-0.2, -0.15) is 0 Å². The van der Waals surface area contributed by atoms with Crippen molar-refractivity contribution in [3.8, 4) is 5.75 Å². The zero-order chi connectivity index (χ0) is 16.6. The van der Waals surface area contributed by atoms with E-state index in [1.54, 1.807) is 12.1 Å². The molecule has 1 amide bonds. The number of halogens is 1. The summed E-state index contributed by atoms with van der Waals surface area (Å²) in [5, 5.41) is 3.57. The van der Waals surface area contributed by atoms with Gasteiger partial charge in [-0.25, -0.2) is 0 Å². The number of benzene rings is 2. The lowest BCUT2D eigenvalue weighted by Gasteiger charge is -2.38. The molecule has 0 spiro atoms. The minimum absolute atomic E-state index is 0.0996. The minimum atomic E-state index is -0.333. The number of carbonyl (C=O) groups excluding carboxylic acids is 1. The molecule has 3 rings (SSSR count). The molecular formula is C19H20ClNO2. The average molecular weight is 330 g/mol. The lowest BCUT2D eigenvalue weighted by atomic mass is 9.88. The van der Waals surface area contributed by atoms with Crippen LogP contribution in [0.2, 0.25) is 5.02 Å². The SMILES string of the molecule is Cc1ccc2c(c1)C(NC(=O)c1ccccc1Cl)CC(C)(C)O2. The van der Waals surface area contributed by atoms with Gasteiger partial charge in [0.1, 0.15) is 11.4 Å². The second kappa shape index (κ2) is 5.89. The van der Waals surface area contributed by atoms with Gasteiger partial charge in [-0.15, -0.1) is 0 Å². The van der Waals surface area contributed by atoms with E-state index in [1.165, 1.54) is 0 Å². The third-order valence-electron chi connectivity index (χ3n) is 4.05. The molecule has 1 heterocycles. The summed E-state index contributed by atoms with van der Waals surface area (Å²) in [5.41, 5.74) is 2.32. The van der Waals surface area contributed by atoms with Gasteiger partial charge in [0.25, 0.3) is 5.91 Å². The van der Waals surface area contributed by atoms with E-state index in [2.05, 4.69) is 11.4 Å². The number of aryl methyl sites for hydroxylation is 1. The van der Waals surface area contributed by atoms with Crippen LogP contribution < -0.4 is 10.1 Å².